The molecule has 1 atom stereocenters. The fourth-order valence-electron chi connectivity index (χ4n) is 1.58. The molecule has 0 amide bonds. The van der Waals surface area contributed by atoms with Gasteiger partial charge in [0.15, 0.2) is 11.9 Å². The average molecular weight is 220 g/mol. The first-order chi connectivity index (χ1) is 7.56. The molecule has 2 rings (SSSR count). The van der Waals surface area contributed by atoms with E-state index < -0.39 is 23.5 Å². The number of hydrogen-bond acceptors (Lipinski definition) is 5. The highest BCUT2D eigenvalue weighted by Gasteiger charge is 2.39. The van der Waals surface area contributed by atoms with Gasteiger partial charge >= 0.3 is 0 Å². The summed E-state index contributed by atoms with van der Waals surface area (Å²) in [6.45, 7) is 0. The van der Waals surface area contributed by atoms with Gasteiger partial charge in [0.25, 0.3) is 0 Å². The van der Waals surface area contributed by atoms with Crippen LogP contribution in [0, 0.1) is 0 Å². The molecule has 0 aliphatic heterocycles. The van der Waals surface area contributed by atoms with Crippen LogP contribution in [0.25, 0.3) is 0 Å². The van der Waals surface area contributed by atoms with Crippen LogP contribution >= 0.6 is 0 Å². The van der Waals surface area contributed by atoms with E-state index in [-0.39, 0.29) is 11.1 Å². The molecule has 1 N–H and O–H groups in total. The molecule has 5 heteroatoms. The Bertz CT molecular complexity index is 503. The molecule has 0 saturated carbocycles. The molecule has 1 aliphatic carbocycles. The first-order valence-corrected chi connectivity index (χ1v) is 4.55. The van der Waals surface area contributed by atoms with E-state index in [9.17, 15) is 19.5 Å². The lowest BCUT2D eigenvalue weighted by atomic mass is 9.86. The van der Waals surface area contributed by atoms with E-state index in [1.807, 2.05) is 0 Å². The highest BCUT2D eigenvalue weighted by atomic mass is 16.5. The van der Waals surface area contributed by atoms with Gasteiger partial charge in [0.1, 0.15) is 5.75 Å². The second kappa shape index (κ2) is 3.53. The van der Waals surface area contributed by atoms with Crippen molar-refractivity contribution in [1.29, 1.82) is 0 Å². The van der Waals surface area contributed by atoms with Crippen molar-refractivity contribution in [3.63, 3.8) is 0 Å². The second-order valence-corrected chi connectivity index (χ2v) is 3.37. The quantitative estimate of drug-likeness (QED) is 0.532. The Kier molecular flexibility index (Phi) is 2.32. The predicted octanol–water partition coefficient (Wildman–Crippen LogP) is 0.00420. The number of ketones is 3. The molecule has 16 heavy (non-hydrogen) atoms. The van der Waals surface area contributed by atoms with Gasteiger partial charge in [-0.1, -0.05) is 0 Å². The van der Waals surface area contributed by atoms with Crippen molar-refractivity contribution in [3.05, 3.63) is 29.3 Å². The van der Waals surface area contributed by atoms with E-state index in [0.717, 1.165) is 0 Å². The molecule has 0 radical (unpaired) electrons. The van der Waals surface area contributed by atoms with E-state index >= 15 is 0 Å². The maximum atomic E-state index is 11.5. The van der Waals surface area contributed by atoms with Gasteiger partial charge in [-0.25, -0.2) is 0 Å². The number of rotatable bonds is 1. The number of hydrogen-bond donors (Lipinski definition) is 1. The summed E-state index contributed by atoms with van der Waals surface area (Å²) in [5, 5.41) is 9.24. The van der Waals surface area contributed by atoms with Crippen molar-refractivity contribution in [1.82, 2.24) is 0 Å². The maximum Gasteiger partial charge on any atom is 0.239 e. The molecule has 1 aromatic rings. The number of aliphatic hydroxyl groups excluding tert-OH is 1. The number of benzene rings is 1. The third kappa shape index (κ3) is 1.33. The fraction of sp³-hybridized carbons (Fsp3) is 0.182. The summed E-state index contributed by atoms with van der Waals surface area (Å²) in [7, 11) is 1.41. The monoisotopic (exact) mass is 220 g/mol. The summed E-state index contributed by atoms with van der Waals surface area (Å²) >= 11 is 0. The zero-order chi connectivity index (χ0) is 11.9. The van der Waals surface area contributed by atoms with Crippen molar-refractivity contribution in [2.24, 2.45) is 0 Å². The highest BCUT2D eigenvalue weighted by Crippen LogP contribution is 2.24. The standard InChI is InChI=1S/C11H8O5/c1-16-5-2-3-6-7(4-5)9(13)11(15)10(14)8(6)12/h2-4,10,14H,1H3. The fourth-order valence-corrected chi connectivity index (χ4v) is 1.58. The van der Waals surface area contributed by atoms with Crippen molar-refractivity contribution in [2.45, 2.75) is 6.10 Å². The molecular formula is C11H8O5. The molecule has 1 unspecified atom stereocenters. The maximum absolute atomic E-state index is 11.5. The van der Waals surface area contributed by atoms with E-state index in [2.05, 4.69) is 0 Å². The topological polar surface area (TPSA) is 80.7 Å². The van der Waals surface area contributed by atoms with Crippen LogP contribution in [0.4, 0.5) is 0 Å². The Labute approximate surface area is 90.6 Å². The van der Waals surface area contributed by atoms with Crippen LogP contribution in [0.3, 0.4) is 0 Å². The number of aliphatic hydroxyl groups is 1. The Morgan fingerprint density at radius 2 is 1.81 bits per heavy atom. The third-order valence-corrected chi connectivity index (χ3v) is 2.46. The molecule has 0 spiro atoms. The van der Waals surface area contributed by atoms with Crippen LogP contribution in [0.5, 0.6) is 5.75 Å². The van der Waals surface area contributed by atoms with Gasteiger partial charge in [-0.2, -0.15) is 0 Å². The molecule has 1 aliphatic rings. The summed E-state index contributed by atoms with van der Waals surface area (Å²) in [5.41, 5.74) is 0.0394. The van der Waals surface area contributed by atoms with Crippen LogP contribution < -0.4 is 4.74 Å². The first-order valence-electron chi connectivity index (χ1n) is 4.55. The van der Waals surface area contributed by atoms with Crippen LogP contribution in [-0.4, -0.2) is 35.7 Å². The van der Waals surface area contributed by atoms with Crippen molar-refractivity contribution in [3.8, 4) is 5.75 Å². The summed E-state index contributed by atoms with van der Waals surface area (Å²) < 4.78 is 4.89. The Balaban J connectivity index is 2.64. The number of fused-ring (bicyclic) bond motifs is 1. The Hall–Kier alpha value is -2.01. The van der Waals surface area contributed by atoms with E-state index in [1.54, 1.807) is 0 Å². The van der Waals surface area contributed by atoms with Gasteiger partial charge in [0.2, 0.25) is 11.6 Å². The van der Waals surface area contributed by atoms with Crippen molar-refractivity contribution < 1.29 is 24.2 Å². The van der Waals surface area contributed by atoms with Crippen molar-refractivity contribution >= 4 is 17.3 Å². The van der Waals surface area contributed by atoms with Crippen LogP contribution in [0.2, 0.25) is 0 Å². The minimum Gasteiger partial charge on any atom is -0.497 e. The molecule has 82 valence electrons. The van der Waals surface area contributed by atoms with Gasteiger partial charge in [-0.05, 0) is 18.2 Å². The number of Topliss-reactive ketones (excluding diaryl/α,β-unsaturated/α-hetero) is 3. The van der Waals surface area contributed by atoms with Crippen LogP contribution in [0.1, 0.15) is 20.7 Å². The van der Waals surface area contributed by atoms with Crippen molar-refractivity contribution in [2.75, 3.05) is 7.11 Å². The van der Waals surface area contributed by atoms with E-state index in [4.69, 9.17) is 4.74 Å². The summed E-state index contributed by atoms with van der Waals surface area (Å²) in [4.78, 5) is 34.3. The molecular weight excluding hydrogens is 212 g/mol. The molecule has 0 heterocycles. The van der Waals surface area contributed by atoms with E-state index in [1.165, 1.54) is 25.3 Å². The zero-order valence-corrected chi connectivity index (χ0v) is 8.39. The van der Waals surface area contributed by atoms with Gasteiger partial charge in [0, 0.05) is 11.1 Å². The number of methoxy groups -OCH3 is 1. The summed E-state index contributed by atoms with van der Waals surface area (Å²) in [6, 6.07) is 4.18. The largest absolute Gasteiger partial charge is 0.497 e. The lowest BCUT2D eigenvalue weighted by molar-refractivity contribution is -0.120. The lowest BCUT2D eigenvalue weighted by Gasteiger charge is -2.17. The first kappa shape index (κ1) is 10.5. The zero-order valence-electron chi connectivity index (χ0n) is 8.39. The SMILES string of the molecule is COc1ccc2c(c1)C(=O)C(=O)C(O)C2=O. The van der Waals surface area contributed by atoms with Crippen LogP contribution in [0.15, 0.2) is 18.2 Å². The number of carbonyl (C=O) groups is 3. The number of carbonyl (C=O) groups excluding carboxylic acids is 3. The lowest BCUT2D eigenvalue weighted by Crippen LogP contribution is -2.41. The normalized spacial score (nSPS) is 19.6. The van der Waals surface area contributed by atoms with Gasteiger partial charge in [0.05, 0.1) is 7.11 Å². The van der Waals surface area contributed by atoms with Gasteiger partial charge in [-0.3, -0.25) is 14.4 Å². The third-order valence-electron chi connectivity index (χ3n) is 2.46. The Morgan fingerprint density at radius 3 is 2.44 bits per heavy atom. The molecule has 1 aromatic carbocycles. The molecule has 0 fully saturated rings. The minimum absolute atomic E-state index is 0.0142. The van der Waals surface area contributed by atoms with Gasteiger partial charge < -0.3 is 9.84 Å². The predicted molar refractivity (Wildman–Crippen MR) is 52.7 cm³/mol. The smallest absolute Gasteiger partial charge is 0.239 e. The highest BCUT2D eigenvalue weighted by molar-refractivity contribution is 6.53. The average Bonchev–Trinajstić information content (AvgIpc) is 2.33. The Morgan fingerprint density at radius 1 is 1.12 bits per heavy atom. The van der Waals surface area contributed by atoms with Gasteiger partial charge in [-0.15, -0.1) is 0 Å². The van der Waals surface area contributed by atoms with Crippen LogP contribution in [-0.2, 0) is 4.79 Å². The molecule has 5 nitrogen and oxygen atoms in total. The summed E-state index contributed by atoms with van der Waals surface area (Å²) in [6.07, 6.45) is -1.87. The second-order valence-electron chi connectivity index (χ2n) is 3.37. The molecule has 0 aromatic heterocycles. The summed E-state index contributed by atoms with van der Waals surface area (Å²) in [5.74, 6) is -2.32. The molecule has 0 saturated heterocycles. The minimum atomic E-state index is -1.87. The molecule has 0 bridgehead atoms. The number of ether oxygens (including phenoxy) is 1. The van der Waals surface area contributed by atoms with E-state index in [0.29, 0.717) is 5.75 Å².